The molecule has 0 radical (unpaired) electrons. The fourth-order valence-electron chi connectivity index (χ4n) is 1.78. The average Bonchev–Trinajstić information content (AvgIpc) is 2.38. The molecule has 2 aromatic rings. The molecule has 2 rings (SSSR count). The maximum absolute atomic E-state index is 3.31. The summed E-state index contributed by atoms with van der Waals surface area (Å²) in [7, 11) is 0. The van der Waals surface area contributed by atoms with Gasteiger partial charge in [0.15, 0.2) is 0 Å². The maximum atomic E-state index is 3.31. The van der Waals surface area contributed by atoms with Crippen molar-refractivity contribution in [1.29, 1.82) is 0 Å². The van der Waals surface area contributed by atoms with Gasteiger partial charge in [-0.3, -0.25) is 0 Å². The van der Waals surface area contributed by atoms with E-state index in [9.17, 15) is 0 Å². The number of hydrogen-bond donors (Lipinski definition) is 0. The Morgan fingerprint density at radius 3 is 2.12 bits per heavy atom. The van der Waals surface area contributed by atoms with Gasteiger partial charge in [-0.05, 0) is 0 Å². The molecule has 0 saturated heterocycles. The van der Waals surface area contributed by atoms with Gasteiger partial charge in [-0.1, -0.05) is 0 Å². The Hall–Kier alpha value is -1.46. The topological polar surface area (TPSA) is 0 Å². The Kier molecular flexibility index (Phi) is 4.06. The molecule has 1 heteroatoms. The number of hydrogen-bond acceptors (Lipinski definition) is 0. The van der Waals surface area contributed by atoms with Crippen LogP contribution in [0.1, 0.15) is 11.1 Å². The van der Waals surface area contributed by atoms with Crippen molar-refractivity contribution >= 4 is 18.7 Å². The fourth-order valence-corrected chi connectivity index (χ4v) is 4.47. The molecule has 0 heterocycles. The first-order chi connectivity index (χ1) is 8.27. The number of benzene rings is 2. The summed E-state index contributed by atoms with van der Waals surface area (Å²) < 4.78 is 1.50. The molecule has 0 fully saturated rings. The van der Waals surface area contributed by atoms with E-state index >= 15 is 0 Å². The number of rotatable bonds is 1. The van der Waals surface area contributed by atoms with Crippen molar-refractivity contribution in [3.05, 3.63) is 65.7 Å². The van der Waals surface area contributed by atoms with Crippen LogP contribution in [0, 0.1) is 11.8 Å². The Morgan fingerprint density at radius 1 is 0.765 bits per heavy atom. The summed E-state index contributed by atoms with van der Waals surface area (Å²) in [5.74, 6) is 11.3. The molecule has 0 spiro atoms. The van der Waals surface area contributed by atoms with Gasteiger partial charge in [0, 0.05) is 0 Å². The van der Waals surface area contributed by atoms with Gasteiger partial charge in [-0.15, -0.1) is 0 Å². The van der Waals surface area contributed by atoms with Crippen LogP contribution < -0.4 is 4.40 Å². The van der Waals surface area contributed by atoms with Crippen LogP contribution in [0.15, 0.2) is 54.6 Å². The zero-order valence-corrected chi connectivity index (χ0v) is 12.7. The molecule has 17 heavy (non-hydrogen) atoms. The summed E-state index contributed by atoms with van der Waals surface area (Å²) in [6, 6.07) is 18.7. The molecule has 0 amide bonds. The van der Waals surface area contributed by atoms with Crippen LogP contribution in [0.5, 0.6) is 0 Å². The van der Waals surface area contributed by atoms with Crippen LogP contribution in [0.25, 0.3) is 0 Å². The molecule has 0 N–H and O–H groups in total. The van der Waals surface area contributed by atoms with Gasteiger partial charge in [0.2, 0.25) is 0 Å². The van der Waals surface area contributed by atoms with Crippen molar-refractivity contribution in [3.63, 3.8) is 0 Å². The predicted octanol–water partition coefficient (Wildman–Crippen LogP) is 2.78. The van der Waals surface area contributed by atoms with Crippen molar-refractivity contribution in [1.82, 2.24) is 0 Å². The Balaban J connectivity index is 2.34. The Labute approximate surface area is 108 Å². The fraction of sp³-hybridized carbons (Fsp3) is 0.125. The van der Waals surface area contributed by atoms with Gasteiger partial charge >= 0.3 is 108 Å². The monoisotopic (exact) mass is 282 g/mol. The van der Waals surface area contributed by atoms with Crippen LogP contribution in [0.2, 0.25) is 11.5 Å². The second-order valence-electron chi connectivity index (χ2n) is 4.36. The molecule has 0 aromatic heterocycles. The van der Waals surface area contributed by atoms with Crippen LogP contribution >= 0.6 is 0 Å². The van der Waals surface area contributed by atoms with Crippen molar-refractivity contribution in [2.24, 2.45) is 0 Å². The van der Waals surface area contributed by atoms with Gasteiger partial charge < -0.3 is 0 Å². The van der Waals surface area contributed by atoms with Crippen molar-refractivity contribution in [2.75, 3.05) is 0 Å². The molecule has 0 unspecified atom stereocenters. The Bertz CT molecular complexity index is 544. The third kappa shape index (κ3) is 3.25. The third-order valence-corrected chi connectivity index (χ3v) is 6.36. The molecule has 84 valence electrons. The molecule has 0 aliphatic carbocycles. The van der Waals surface area contributed by atoms with E-state index in [1.54, 1.807) is 0 Å². The minimum atomic E-state index is -1.25. The molecule has 0 nitrogen and oxygen atoms in total. The zero-order chi connectivity index (χ0) is 12.1. The molecular formula is C16H16Ge. The van der Waals surface area contributed by atoms with E-state index in [1.807, 2.05) is 30.3 Å². The molecule has 2 aromatic carbocycles. The van der Waals surface area contributed by atoms with E-state index in [1.165, 1.54) is 9.96 Å². The molecule has 0 aliphatic rings. The zero-order valence-electron chi connectivity index (χ0n) is 10.3. The first kappa shape index (κ1) is 12.0. The van der Waals surface area contributed by atoms with Gasteiger partial charge in [0.25, 0.3) is 0 Å². The second-order valence-corrected chi connectivity index (χ2v) is 10.5. The first-order valence-corrected chi connectivity index (χ1v) is 12.0. The van der Waals surface area contributed by atoms with Gasteiger partial charge in [-0.25, -0.2) is 0 Å². The first-order valence-electron chi connectivity index (χ1n) is 5.93. The van der Waals surface area contributed by atoms with E-state index in [2.05, 4.69) is 47.6 Å². The molecule has 0 aliphatic heterocycles. The van der Waals surface area contributed by atoms with Crippen molar-refractivity contribution in [2.45, 2.75) is 11.5 Å². The second kappa shape index (κ2) is 5.75. The Morgan fingerprint density at radius 2 is 1.41 bits per heavy atom. The molecule has 0 saturated carbocycles. The van der Waals surface area contributed by atoms with E-state index in [0.717, 1.165) is 5.56 Å². The van der Waals surface area contributed by atoms with Crippen LogP contribution in [0.3, 0.4) is 0 Å². The average molecular weight is 281 g/mol. The third-order valence-electron chi connectivity index (χ3n) is 2.70. The summed E-state index contributed by atoms with van der Waals surface area (Å²) >= 11 is -1.25. The minimum absolute atomic E-state index is 1.08. The molecular weight excluding hydrogens is 265 g/mol. The van der Waals surface area contributed by atoms with E-state index in [0.29, 0.717) is 0 Å². The quantitative estimate of drug-likeness (QED) is 0.557. The van der Waals surface area contributed by atoms with Gasteiger partial charge in [-0.2, -0.15) is 0 Å². The SMILES string of the molecule is [CH3][GeH]([CH3])[c]1ccccc1C#Cc1ccccc1. The standard InChI is InChI=1S/C16H16Ge/c1-17(2)16-11-7-6-10-15(16)13-12-14-8-4-3-5-9-14/h3-11,17H,1-2H3. The van der Waals surface area contributed by atoms with Gasteiger partial charge in [0.05, 0.1) is 0 Å². The molecule has 0 bridgehead atoms. The summed E-state index contributed by atoms with van der Waals surface area (Å²) in [4.78, 5) is 0. The van der Waals surface area contributed by atoms with Crippen LogP contribution in [-0.2, 0) is 0 Å². The molecule has 0 atom stereocenters. The van der Waals surface area contributed by atoms with Crippen LogP contribution in [0.4, 0.5) is 0 Å². The van der Waals surface area contributed by atoms with Gasteiger partial charge in [0.1, 0.15) is 0 Å². The normalized spacial score (nSPS) is 9.82. The van der Waals surface area contributed by atoms with Crippen molar-refractivity contribution in [3.8, 4) is 11.8 Å². The summed E-state index contributed by atoms with van der Waals surface area (Å²) in [6.07, 6.45) is 0. The summed E-state index contributed by atoms with van der Waals surface area (Å²) in [6.45, 7) is 0. The van der Waals surface area contributed by atoms with E-state index < -0.39 is 14.3 Å². The summed E-state index contributed by atoms with van der Waals surface area (Å²) in [5.41, 5.74) is 2.30. The summed E-state index contributed by atoms with van der Waals surface area (Å²) in [5, 5.41) is 0. The van der Waals surface area contributed by atoms with Crippen molar-refractivity contribution < 1.29 is 0 Å². The van der Waals surface area contributed by atoms with E-state index in [-0.39, 0.29) is 0 Å². The van der Waals surface area contributed by atoms with Crippen LogP contribution in [-0.4, -0.2) is 14.3 Å². The van der Waals surface area contributed by atoms with E-state index in [4.69, 9.17) is 0 Å². The predicted molar refractivity (Wildman–Crippen MR) is 77.4 cm³/mol.